The molecule has 23 heavy (non-hydrogen) atoms. The number of methoxy groups -OCH3 is 1. The monoisotopic (exact) mass is 309 g/mol. The van der Waals surface area contributed by atoms with Crippen LogP contribution in [0.4, 0.5) is 5.69 Å². The number of rotatable bonds is 2. The molecule has 2 unspecified atom stereocenters. The summed E-state index contributed by atoms with van der Waals surface area (Å²) < 4.78 is 10.8. The minimum atomic E-state index is -0.305. The van der Waals surface area contributed by atoms with E-state index in [-0.39, 0.29) is 18.1 Å². The third-order valence-electron chi connectivity index (χ3n) is 4.83. The number of esters is 1. The molecule has 2 heterocycles. The second-order valence-electron chi connectivity index (χ2n) is 6.07. The maximum atomic E-state index is 11.6. The Balaban J connectivity index is 1.68. The average molecular weight is 309 g/mol. The third kappa shape index (κ3) is 2.39. The van der Waals surface area contributed by atoms with Crippen molar-refractivity contribution >= 4 is 11.7 Å². The number of hydrogen-bond acceptors (Lipinski definition) is 4. The van der Waals surface area contributed by atoms with Crippen molar-refractivity contribution in [2.45, 2.75) is 18.6 Å². The van der Waals surface area contributed by atoms with E-state index in [0.717, 1.165) is 18.7 Å². The molecular formula is C19H19NO3. The van der Waals surface area contributed by atoms with Crippen LogP contribution < -0.4 is 5.32 Å². The summed E-state index contributed by atoms with van der Waals surface area (Å²) in [5.74, 6) is 0.106. The largest absolute Gasteiger partial charge is 0.465 e. The molecular weight excluding hydrogens is 290 g/mol. The van der Waals surface area contributed by atoms with Crippen LogP contribution in [0.2, 0.25) is 0 Å². The molecule has 2 aromatic rings. The van der Waals surface area contributed by atoms with Gasteiger partial charge in [0.05, 0.1) is 24.8 Å². The number of carbonyl (C=O) groups excluding carboxylic acids is 1. The lowest BCUT2D eigenvalue weighted by molar-refractivity contribution is 0.0600. The van der Waals surface area contributed by atoms with Crippen molar-refractivity contribution in [2.24, 2.45) is 5.92 Å². The van der Waals surface area contributed by atoms with Gasteiger partial charge in [-0.15, -0.1) is 0 Å². The molecule has 0 amide bonds. The first kappa shape index (κ1) is 14.3. The maximum absolute atomic E-state index is 11.6. The third-order valence-corrected chi connectivity index (χ3v) is 4.83. The molecule has 0 radical (unpaired) electrons. The van der Waals surface area contributed by atoms with E-state index in [1.54, 1.807) is 0 Å². The summed E-state index contributed by atoms with van der Waals surface area (Å²) in [5.41, 5.74) is 4.13. The molecule has 1 fully saturated rings. The normalized spacial score (nSPS) is 25.2. The SMILES string of the molecule is COC(=O)c1ccc([C@@H]2Nc3ccccc3C3OCCC32)cc1. The lowest BCUT2D eigenvalue weighted by Gasteiger charge is -2.36. The fraction of sp³-hybridized carbons (Fsp3) is 0.316. The standard InChI is InChI=1S/C19H19NO3/c1-22-19(21)13-8-6-12(7-9-13)17-15-10-11-23-18(15)14-4-2-3-5-16(14)20-17/h2-9,15,17-18,20H,10-11H2,1H3/t15?,17-,18?/m0/s1. The molecule has 0 saturated carbocycles. The average Bonchev–Trinajstić information content (AvgIpc) is 3.10. The highest BCUT2D eigenvalue weighted by atomic mass is 16.5. The van der Waals surface area contributed by atoms with Gasteiger partial charge in [0, 0.05) is 23.8 Å². The van der Waals surface area contributed by atoms with Crippen LogP contribution in [0.1, 0.15) is 40.1 Å². The van der Waals surface area contributed by atoms with Gasteiger partial charge in [-0.05, 0) is 30.2 Å². The van der Waals surface area contributed by atoms with Gasteiger partial charge in [-0.25, -0.2) is 4.79 Å². The Labute approximate surface area is 135 Å². The van der Waals surface area contributed by atoms with Gasteiger partial charge >= 0.3 is 5.97 Å². The summed E-state index contributed by atoms with van der Waals surface area (Å²) in [7, 11) is 1.40. The van der Waals surface area contributed by atoms with Crippen LogP contribution in [0.5, 0.6) is 0 Å². The van der Waals surface area contributed by atoms with Crippen LogP contribution in [-0.4, -0.2) is 19.7 Å². The minimum absolute atomic E-state index is 0.151. The second kappa shape index (κ2) is 5.70. The fourth-order valence-electron chi connectivity index (χ4n) is 3.69. The number of ether oxygens (including phenoxy) is 2. The summed E-state index contributed by atoms with van der Waals surface area (Å²) in [6, 6.07) is 16.2. The lowest BCUT2D eigenvalue weighted by atomic mass is 9.81. The minimum Gasteiger partial charge on any atom is -0.465 e. The molecule has 1 saturated heterocycles. The van der Waals surface area contributed by atoms with Gasteiger partial charge in [0.15, 0.2) is 0 Å². The van der Waals surface area contributed by atoms with Crippen molar-refractivity contribution in [2.75, 3.05) is 19.0 Å². The zero-order valence-corrected chi connectivity index (χ0v) is 13.0. The number of fused-ring (bicyclic) bond motifs is 3. The number of nitrogens with one attached hydrogen (secondary N) is 1. The smallest absolute Gasteiger partial charge is 0.337 e. The van der Waals surface area contributed by atoms with Crippen LogP contribution in [0.25, 0.3) is 0 Å². The molecule has 2 aromatic carbocycles. The molecule has 0 aliphatic carbocycles. The van der Waals surface area contributed by atoms with Gasteiger partial charge in [0.25, 0.3) is 0 Å². The number of para-hydroxylation sites is 1. The van der Waals surface area contributed by atoms with E-state index < -0.39 is 0 Å². The molecule has 118 valence electrons. The first-order valence-corrected chi connectivity index (χ1v) is 7.93. The van der Waals surface area contributed by atoms with Crippen molar-refractivity contribution in [1.29, 1.82) is 0 Å². The molecule has 4 heteroatoms. The summed E-state index contributed by atoms with van der Waals surface area (Å²) in [6.07, 6.45) is 1.19. The first-order valence-electron chi connectivity index (χ1n) is 7.93. The van der Waals surface area contributed by atoms with E-state index >= 15 is 0 Å². The summed E-state index contributed by atoms with van der Waals surface area (Å²) in [6.45, 7) is 0.794. The fourth-order valence-corrected chi connectivity index (χ4v) is 3.69. The quantitative estimate of drug-likeness (QED) is 0.859. The molecule has 4 nitrogen and oxygen atoms in total. The number of benzene rings is 2. The van der Waals surface area contributed by atoms with E-state index in [9.17, 15) is 4.79 Å². The zero-order valence-electron chi connectivity index (χ0n) is 13.0. The number of hydrogen-bond donors (Lipinski definition) is 1. The Morgan fingerprint density at radius 3 is 2.74 bits per heavy atom. The van der Waals surface area contributed by atoms with Crippen LogP contribution in [-0.2, 0) is 9.47 Å². The van der Waals surface area contributed by atoms with Crippen molar-refractivity contribution in [1.82, 2.24) is 0 Å². The maximum Gasteiger partial charge on any atom is 0.337 e. The van der Waals surface area contributed by atoms with Crippen molar-refractivity contribution < 1.29 is 14.3 Å². The van der Waals surface area contributed by atoms with Gasteiger partial charge in [0.2, 0.25) is 0 Å². The molecule has 4 rings (SSSR count). The predicted molar refractivity (Wildman–Crippen MR) is 87.4 cm³/mol. The second-order valence-corrected chi connectivity index (χ2v) is 6.07. The van der Waals surface area contributed by atoms with Gasteiger partial charge in [-0.1, -0.05) is 30.3 Å². The van der Waals surface area contributed by atoms with E-state index in [0.29, 0.717) is 11.5 Å². The molecule has 2 aliphatic rings. The lowest BCUT2D eigenvalue weighted by Crippen LogP contribution is -2.29. The van der Waals surface area contributed by atoms with Crippen LogP contribution in [0, 0.1) is 5.92 Å². The zero-order chi connectivity index (χ0) is 15.8. The van der Waals surface area contributed by atoms with Crippen LogP contribution in [0.15, 0.2) is 48.5 Å². The van der Waals surface area contributed by atoms with Gasteiger partial charge in [-0.3, -0.25) is 0 Å². The molecule has 1 N–H and O–H groups in total. The summed E-state index contributed by atoms with van der Waals surface area (Å²) >= 11 is 0. The van der Waals surface area contributed by atoms with Crippen molar-refractivity contribution in [3.8, 4) is 0 Å². The highest BCUT2D eigenvalue weighted by molar-refractivity contribution is 5.89. The van der Waals surface area contributed by atoms with E-state index in [2.05, 4.69) is 23.5 Å². The number of carbonyl (C=O) groups is 1. The Kier molecular flexibility index (Phi) is 3.54. The molecule has 0 spiro atoms. The van der Waals surface area contributed by atoms with Crippen molar-refractivity contribution in [3.63, 3.8) is 0 Å². The number of anilines is 1. The molecule has 2 aliphatic heterocycles. The topological polar surface area (TPSA) is 47.6 Å². The van der Waals surface area contributed by atoms with Crippen molar-refractivity contribution in [3.05, 3.63) is 65.2 Å². The van der Waals surface area contributed by atoms with Gasteiger partial charge < -0.3 is 14.8 Å². The highest BCUT2D eigenvalue weighted by Crippen LogP contribution is 2.49. The van der Waals surface area contributed by atoms with Gasteiger partial charge in [0.1, 0.15) is 0 Å². The molecule has 0 bridgehead atoms. The summed E-state index contributed by atoms with van der Waals surface area (Å²) in [5, 5.41) is 3.65. The molecule has 3 atom stereocenters. The van der Waals surface area contributed by atoms with Crippen LogP contribution in [0.3, 0.4) is 0 Å². The summed E-state index contributed by atoms with van der Waals surface area (Å²) in [4.78, 5) is 11.6. The van der Waals surface area contributed by atoms with E-state index in [1.165, 1.54) is 18.2 Å². The van der Waals surface area contributed by atoms with Gasteiger partial charge in [-0.2, -0.15) is 0 Å². The van der Waals surface area contributed by atoms with Crippen LogP contribution >= 0.6 is 0 Å². The van der Waals surface area contributed by atoms with E-state index in [1.807, 2.05) is 30.3 Å². The predicted octanol–water partition coefficient (Wildman–Crippen LogP) is 3.72. The first-order chi connectivity index (χ1) is 11.3. The van der Waals surface area contributed by atoms with E-state index in [4.69, 9.17) is 9.47 Å². The molecule has 0 aromatic heterocycles. The Morgan fingerprint density at radius 1 is 1.17 bits per heavy atom. The Morgan fingerprint density at radius 2 is 1.96 bits per heavy atom. The Hall–Kier alpha value is -2.33. The highest BCUT2D eigenvalue weighted by Gasteiger charge is 2.41. The Bertz CT molecular complexity index is 726.